The van der Waals surface area contributed by atoms with E-state index in [1.807, 2.05) is 29.7 Å². The SMILES string of the molecule is C[C@@H]1CN(c2cc(S(=O)(=O)NC3(C#N)CC3)cc3c(-c4nnc(C(F)F)s4)nn(C)c23)CCN1C(=O)C1(C)CCC1. The van der Waals surface area contributed by atoms with Crippen molar-refractivity contribution in [3.63, 3.8) is 0 Å². The molecule has 15 heteroatoms. The molecule has 2 aromatic heterocycles. The minimum atomic E-state index is -4.12. The van der Waals surface area contributed by atoms with Gasteiger partial charge >= 0.3 is 0 Å². The quantitative estimate of drug-likeness (QED) is 0.432. The molecular weight excluding hydrogens is 574 g/mol. The lowest BCUT2D eigenvalue weighted by atomic mass is 9.69. The fourth-order valence-electron chi connectivity index (χ4n) is 5.76. The second kappa shape index (κ2) is 9.67. The summed E-state index contributed by atoms with van der Waals surface area (Å²) in [5.41, 5.74) is -0.0229. The van der Waals surface area contributed by atoms with Crippen LogP contribution in [0.5, 0.6) is 0 Å². The number of halogens is 2. The van der Waals surface area contributed by atoms with Crippen LogP contribution in [0, 0.1) is 16.7 Å². The van der Waals surface area contributed by atoms with Crippen LogP contribution in [0.1, 0.15) is 57.4 Å². The molecular formula is C26H30F2N8O3S2. The molecule has 0 radical (unpaired) electrons. The smallest absolute Gasteiger partial charge is 0.291 e. The average Bonchev–Trinajstić information content (AvgIpc) is 3.34. The van der Waals surface area contributed by atoms with E-state index in [0.29, 0.717) is 60.4 Å². The van der Waals surface area contributed by atoms with Crippen LogP contribution in [0.25, 0.3) is 21.6 Å². The van der Waals surface area contributed by atoms with Crippen LogP contribution in [0.4, 0.5) is 14.5 Å². The van der Waals surface area contributed by atoms with Gasteiger partial charge in [0, 0.05) is 43.5 Å². The first kappa shape index (κ1) is 27.9. The van der Waals surface area contributed by atoms with E-state index >= 15 is 0 Å². The zero-order chi connectivity index (χ0) is 29.3. The molecule has 1 atom stereocenters. The summed E-state index contributed by atoms with van der Waals surface area (Å²) in [7, 11) is -2.42. The highest BCUT2D eigenvalue weighted by atomic mass is 32.2. The first-order valence-electron chi connectivity index (χ1n) is 13.5. The van der Waals surface area contributed by atoms with E-state index in [2.05, 4.69) is 20.0 Å². The maximum atomic E-state index is 13.5. The lowest BCUT2D eigenvalue weighted by Crippen LogP contribution is -2.58. The summed E-state index contributed by atoms with van der Waals surface area (Å²) in [6.07, 6.45) is 0.857. The number of alkyl halides is 2. The number of benzene rings is 1. The van der Waals surface area contributed by atoms with Crippen molar-refractivity contribution in [1.29, 1.82) is 5.26 Å². The molecule has 1 aromatic carbocycles. The van der Waals surface area contributed by atoms with Gasteiger partial charge < -0.3 is 9.80 Å². The maximum Gasteiger partial charge on any atom is 0.291 e. The Morgan fingerprint density at radius 2 is 1.95 bits per heavy atom. The van der Waals surface area contributed by atoms with Crippen molar-refractivity contribution in [2.24, 2.45) is 12.5 Å². The lowest BCUT2D eigenvalue weighted by molar-refractivity contribution is -0.148. The standard InChI is InChI=1S/C26H30F2N8O3S2/c1-15-13-35(9-10-36(15)24(37)25(2)5-4-6-25)18-12-16(41(38,39)33-26(14-29)7-8-26)11-17-19(32-34(3)20(17)18)22-30-31-23(40-22)21(27)28/h11-12,15,21,33H,4-10,13H2,1-3H3/t15-/m1/s1. The second-order valence-electron chi connectivity index (χ2n) is 11.6. The van der Waals surface area contributed by atoms with Gasteiger partial charge in [-0.25, -0.2) is 17.2 Å². The Hall–Kier alpha value is -3.22. The number of carbonyl (C=O) groups is 1. The fraction of sp³-hybridized carbons (Fsp3) is 0.577. The summed E-state index contributed by atoms with van der Waals surface area (Å²) in [5, 5.41) is 21.7. The molecule has 0 unspecified atom stereocenters. The average molecular weight is 605 g/mol. The number of fused-ring (bicyclic) bond motifs is 1. The zero-order valence-electron chi connectivity index (χ0n) is 22.9. The first-order chi connectivity index (χ1) is 19.4. The molecule has 11 nitrogen and oxygen atoms in total. The number of piperazine rings is 1. The summed E-state index contributed by atoms with van der Waals surface area (Å²) < 4.78 is 57.8. The summed E-state index contributed by atoms with van der Waals surface area (Å²) in [6.45, 7) is 5.40. The molecule has 2 saturated carbocycles. The summed E-state index contributed by atoms with van der Waals surface area (Å²) >= 11 is 0.700. The van der Waals surface area contributed by atoms with Gasteiger partial charge in [0.15, 0.2) is 10.0 Å². The van der Waals surface area contributed by atoms with Crippen LogP contribution in [-0.4, -0.2) is 70.4 Å². The minimum Gasteiger partial charge on any atom is -0.366 e. The number of carbonyl (C=O) groups excluding carboxylic acids is 1. The Bertz CT molecular complexity index is 1690. The third-order valence-electron chi connectivity index (χ3n) is 8.53. The largest absolute Gasteiger partial charge is 0.366 e. The van der Waals surface area contributed by atoms with Gasteiger partial charge in [-0.3, -0.25) is 9.48 Å². The van der Waals surface area contributed by atoms with Gasteiger partial charge in [-0.2, -0.15) is 15.1 Å². The molecule has 1 aliphatic heterocycles. The molecule has 2 aliphatic carbocycles. The molecule has 3 aromatic rings. The fourth-order valence-corrected chi connectivity index (χ4v) is 7.88. The number of aromatic nitrogens is 4. The molecule has 0 spiro atoms. The van der Waals surface area contributed by atoms with Gasteiger partial charge in [-0.15, -0.1) is 10.2 Å². The number of sulfonamides is 1. The van der Waals surface area contributed by atoms with Crippen LogP contribution in [-0.2, 0) is 21.9 Å². The number of amides is 1. The van der Waals surface area contributed by atoms with Gasteiger partial charge in [0.25, 0.3) is 6.43 Å². The number of hydrogen-bond donors (Lipinski definition) is 1. The van der Waals surface area contributed by atoms with Gasteiger partial charge in [0.2, 0.25) is 15.9 Å². The molecule has 3 aliphatic rings. The molecule has 3 fully saturated rings. The minimum absolute atomic E-state index is 0.0671. The Kier molecular flexibility index (Phi) is 6.59. The Labute approximate surface area is 240 Å². The third-order valence-corrected chi connectivity index (χ3v) is 11.0. The van der Waals surface area contributed by atoms with Crippen molar-refractivity contribution in [3.05, 3.63) is 17.1 Å². The summed E-state index contributed by atoms with van der Waals surface area (Å²) in [5.74, 6) is 0.154. The predicted molar refractivity (Wildman–Crippen MR) is 148 cm³/mol. The van der Waals surface area contributed by atoms with Gasteiger partial charge in [-0.1, -0.05) is 24.7 Å². The van der Waals surface area contributed by atoms with Gasteiger partial charge in [0.05, 0.1) is 22.2 Å². The van der Waals surface area contributed by atoms with Gasteiger partial charge in [-0.05, 0) is 44.7 Å². The second-order valence-corrected chi connectivity index (χ2v) is 14.3. The Morgan fingerprint density at radius 1 is 1.22 bits per heavy atom. The lowest BCUT2D eigenvalue weighted by Gasteiger charge is -2.47. The van der Waals surface area contributed by atoms with E-state index in [0.717, 1.165) is 19.3 Å². The van der Waals surface area contributed by atoms with Crippen molar-refractivity contribution in [2.45, 2.75) is 68.9 Å². The van der Waals surface area contributed by atoms with E-state index < -0.39 is 27.0 Å². The van der Waals surface area contributed by atoms with Crippen molar-refractivity contribution in [2.75, 3.05) is 24.5 Å². The van der Waals surface area contributed by atoms with Crippen LogP contribution < -0.4 is 9.62 Å². The van der Waals surface area contributed by atoms with Crippen molar-refractivity contribution in [1.82, 2.24) is 29.6 Å². The van der Waals surface area contributed by atoms with Crippen molar-refractivity contribution >= 4 is 43.9 Å². The summed E-state index contributed by atoms with van der Waals surface area (Å²) in [6, 6.07) is 4.93. The van der Waals surface area contributed by atoms with Crippen LogP contribution in [0.2, 0.25) is 0 Å². The van der Waals surface area contributed by atoms with E-state index in [9.17, 15) is 27.3 Å². The number of nitrogens with one attached hydrogen (secondary N) is 1. The topological polar surface area (TPSA) is 137 Å². The number of hydrogen-bond acceptors (Lipinski definition) is 9. The highest BCUT2D eigenvalue weighted by Crippen LogP contribution is 2.44. The molecule has 1 N–H and O–H groups in total. The van der Waals surface area contributed by atoms with Crippen molar-refractivity contribution in [3.8, 4) is 16.8 Å². The number of aryl methyl sites for hydroxylation is 1. The molecule has 0 bridgehead atoms. The maximum absolute atomic E-state index is 13.5. The number of nitriles is 1. The first-order valence-corrected chi connectivity index (χ1v) is 15.8. The Balaban J connectivity index is 1.43. The molecule has 218 valence electrons. The highest BCUT2D eigenvalue weighted by molar-refractivity contribution is 7.89. The van der Waals surface area contributed by atoms with E-state index in [-0.39, 0.29) is 33.0 Å². The normalized spacial score (nSPS) is 21.6. The number of nitrogens with zero attached hydrogens (tertiary/aromatic N) is 7. The highest BCUT2D eigenvalue weighted by Gasteiger charge is 2.47. The van der Waals surface area contributed by atoms with E-state index in [4.69, 9.17) is 0 Å². The molecule has 1 amide bonds. The van der Waals surface area contributed by atoms with Gasteiger partial charge in [0.1, 0.15) is 11.2 Å². The van der Waals surface area contributed by atoms with Crippen LogP contribution >= 0.6 is 11.3 Å². The molecule has 6 rings (SSSR count). The Morgan fingerprint density at radius 3 is 2.51 bits per heavy atom. The zero-order valence-corrected chi connectivity index (χ0v) is 24.5. The predicted octanol–water partition coefficient (Wildman–Crippen LogP) is 3.59. The third kappa shape index (κ3) is 4.75. The van der Waals surface area contributed by atoms with Crippen molar-refractivity contribution < 1.29 is 22.0 Å². The van der Waals surface area contributed by atoms with E-state index in [1.54, 1.807) is 17.8 Å². The molecule has 41 heavy (non-hydrogen) atoms. The molecule has 1 saturated heterocycles. The van der Waals surface area contributed by atoms with Crippen LogP contribution in [0.3, 0.4) is 0 Å². The monoisotopic (exact) mass is 604 g/mol. The van der Waals surface area contributed by atoms with E-state index in [1.165, 1.54) is 6.07 Å². The van der Waals surface area contributed by atoms with Crippen LogP contribution in [0.15, 0.2) is 17.0 Å². The number of rotatable bonds is 7. The molecule has 3 heterocycles. The summed E-state index contributed by atoms with van der Waals surface area (Å²) in [4.78, 5) is 17.2. The number of anilines is 1.